The molecule has 8 heteroatoms. The Kier molecular flexibility index (Phi) is 4.91. The molecule has 0 unspecified atom stereocenters. The van der Waals surface area contributed by atoms with Crippen molar-refractivity contribution >= 4 is 22.6 Å². The van der Waals surface area contributed by atoms with Crippen LogP contribution in [-0.4, -0.2) is 20.3 Å². The molecular formula is C22H18F2N4O2. The Balaban J connectivity index is 1.79. The number of hydrogen-bond donors (Lipinski definition) is 1. The molecule has 1 N–H and O–H groups in total. The van der Waals surface area contributed by atoms with Crippen molar-refractivity contribution in [1.82, 2.24) is 14.3 Å². The van der Waals surface area contributed by atoms with Crippen molar-refractivity contribution in [3.63, 3.8) is 0 Å². The summed E-state index contributed by atoms with van der Waals surface area (Å²) in [5.41, 5.74) is 2.45. The highest BCUT2D eigenvalue weighted by atomic mass is 19.2. The Bertz CT molecular complexity index is 1330. The lowest BCUT2D eigenvalue weighted by atomic mass is 10.1. The molecule has 2 heterocycles. The summed E-state index contributed by atoms with van der Waals surface area (Å²) in [6.45, 7) is 3.34. The number of halogens is 2. The fourth-order valence-electron chi connectivity index (χ4n) is 3.49. The molecule has 4 rings (SSSR count). The van der Waals surface area contributed by atoms with Gasteiger partial charge in [-0.25, -0.2) is 13.5 Å². The van der Waals surface area contributed by atoms with Crippen LogP contribution in [-0.2, 0) is 11.3 Å². The number of rotatable bonds is 4. The molecule has 4 aromatic rings. The summed E-state index contributed by atoms with van der Waals surface area (Å²) in [5.74, 6) is -2.63. The standard InChI is InChI=1S/C22H18F2N4O2/c1-13-10-20(30)27(12-19(29)25-15-8-9-17(23)18(24)11-15)22-21(13)14(2)26-28(22)16-6-4-3-5-7-16/h3-11H,12H2,1-2H3,(H,25,29). The molecule has 6 nitrogen and oxygen atoms in total. The van der Waals surface area contributed by atoms with E-state index < -0.39 is 17.5 Å². The molecule has 2 aromatic carbocycles. The van der Waals surface area contributed by atoms with Crippen LogP contribution in [0.2, 0.25) is 0 Å². The first-order chi connectivity index (χ1) is 14.3. The van der Waals surface area contributed by atoms with Crippen molar-refractivity contribution in [2.24, 2.45) is 0 Å². The maximum Gasteiger partial charge on any atom is 0.252 e. The SMILES string of the molecule is Cc1cc(=O)n(CC(=O)Nc2ccc(F)c(F)c2)c2c1c(C)nn2-c1ccccc1. The normalized spacial score (nSPS) is 11.1. The van der Waals surface area contributed by atoms with Crippen LogP contribution in [0.1, 0.15) is 11.3 Å². The molecule has 0 fully saturated rings. The van der Waals surface area contributed by atoms with Gasteiger partial charge in [-0.2, -0.15) is 5.10 Å². The van der Waals surface area contributed by atoms with E-state index in [1.807, 2.05) is 44.2 Å². The minimum Gasteiger partial charge on any atom is -0.324 e. The van der Waals surface area contributed by atoms with Gasteiger partial charge in [0.05, 0.1) is 11.4 Å². The van der Waals surface area contributed by atoms with Crippen LogP contribution in [0.3, 0.4) is 0 Å². The highest BCUT2D eigenvalue weighted by Gasteiger charge is 2.19. The molecule has 0 aliphatic carbocycles. The predicted octanol–water partition coefficient (Wildman–Crippen LogP) is 3.72. The van der Waals surface area contributed by atoms with Crippen LogP contribution < -0.4 is 10.9 Å². The third kappa shape index (κ3) is 3.47. The summed E-state index contributed by atoms with van der Waals surface area (Å²) >= 11 is 0. The number of aryl methyl sites for hydroxylation is 2. The zero-order valence-electron chi connectivity index (χ0n) is 16.3. The summed E-state index contributed by atoms with van der Waals surface area (Å²) in [7, 11) is 0. The second-order valence-electron chi connectivity index (χ2n) is 6.96. The molecule has 0 saturated carbocycles. The Morgan fingerprint density at radius 1 is 1.03 bits per heavy atom. The summed E-state index contributed by atoms with van der Waals surface area (Å²) < 4.78 is 29.5. The van der Waals surface area contributed by atoms with Crippen molar-refractivity contribution in [3.8, 4) is 5.69 Å². The monoisotopic (exact) mass is 408 g/mol. The van der Waals surface area contributed by atoms with Gasteiger partial charge in [-0.05, 0) is 43.7 Å². The number of hydrogen-bond acceptors (Lipinski definition) is 3. The highest BCUT2D eigenvalue weighted by Crippen LogP contribution is 2.24. The van der Waals surface area contributed by atoms with Crippen LogP contribution >= 0.6 is 0 Å². The van der Waals surface area contributed by atoms with E-state index in [1.165, 1.54) is 16.7 Å². The molecule has 0 bridgehead atoms. The number of benzene rings is 2. The number of amides is 1. The third-order valence-electron chi connectivity index (χ3n) is 4.80. The van der Waals surface area contributed by atoms with Crippen molar-refractivity contribution < 1.29 is 13.6 Å². The molecule has 0 aliphatic rings. The molecule has 152 valence electrons. The van der Waals surface area contributed by atoms with Gasteiger partial charge in [-0.1, -0.05) is 18.2 Å². The average molecular weight is 408 g/mol. The lowest BCUT2D eigenvalue weighted by Crippen LogP contribution is -2.29. The molecule has 0 atom stereocenters. The van der Waals surface area contributed by atoms with Gasteiger partial charge in [0.2, 0.25) is 5.91 Å². The smallest absolute Gasteiger partial charge is 0.252 e. The molecule has 30 heavy (non-hydrogen) atoms. The molecular weight excluding hydrogens is 390 g/mol. The molecule has 0 spiro atoms. The maximum absolute atomic E-state index is 13.4. The average Bonchev–Trinajstić information content (AvgIpc) is 3.06. The molecule has 0 radical (unpaired) electrons. The Hall–Kier alpha value is -3.81. The molecule has 0 aliphatic heterocycles. The van der Waals surface area contributed by atoms with E-state index in [-0.39, 0.29) is 17.8 Å². The molecule has 1 amide bonds. The summed E-state index contributed by atoms with van der Waals surface area (Å²) in [6.07, 6.45) is 0. The number of anilines is 1. The number of nitrogens with zero attached hydrogens (tertiary/aromatic N) is 3. The first-order valence-corrected chi connectivity index (χ1v) is 9.25. The van der Waals surface area contributed by atoms with Crippen molar-refractivity contribution in [3.05, 3.63) is 87.8 Å². The van der Waals surface area contributed by atoms with E-state index in [0.717, 1.165) is 34.5 Å². The van der Waals surface area contributed by atoms with Gasteiger partial charge < -0.3 is 5.32 Å². The number of carbonyl (C=O) groups excluding carboxylic acids is 1. The van der Waals surface area contributed by atoms with Gasteiger partial charge >= 0.3 is 0 Å². The van der Waals surface area contributed by atoms with Gasteiger partial charge in [0.15, 0.2) is 11.6 Å². The summed E-state index contributed by atoms with van der Waals surface area (Å²) in [4.78, 5) is 25.4. The first-order valence-electron chi connectivity index (χ1n) is 9.25. The van der Waals surface area contributed by atoms with E-state index in [1.54, 1.807) is 4.68 Å². The second kappa shape index (κ2) is 7.55. The second-order valence-corrected chi connectivity index (χ2v) is 6.96. The zero-order valence-corrected chi connectivity index (χ0v) is 16.3. The summed E-state index contributed by atoms with van der Waals surface area (Å²) in [6, 6.07) is 13.8. The number of pyridine rings is 1. The van der Waals surface area contributed by atoms with Crippen LogP contribution in [0.25, 0.3) is 16.7 Å². The molecule has 0 saturated heterocycles. The largest absolute Gasteiger partial charge is 0.324 e. The first kappa shape index (κ1) is 19.5. The van der Waals surface area contributed by atoms with Crippen LogP contribution in [0, 0.1) is 25.5 Å². The maximum atomic E-state index is 13.4. The number of carbonyl (C=O) groups is 1. The van der Waals surface area contributed by atoms with Crippen LogP contribution in [0.5, 0.6) is 0 Å². The lowest BCUT2D eigenvalue weighted by molar-refractivity contribution is -0.116. The minimum atomic E-state index is -1.07. The topological polar surface area (TPSA) is 68.9 Å². The Morgan fingerprint density at radius 2 is 1.77 bits per heavy atom. The van der Waals surface area contributed by atoms with E-state index in [0.29, 0.717) is 5.65 Å². The zero-order chi connectivity index (χ0) is 21.4. The van der Waals surface area contributed by atoms with Gasteiger partial charge in [0.25, 0.3) is 5.56 Å². The Labute approximate surface area is 170 Å². The van der Waals surface area contributed by atoms with Crippen molar-refractivity contribution in [2.45, 2.75) is 20.4 Å². The van der Waals surface area contributed by atoms with E-state index >= 15 is 0 Å². The predicted molar refractivity (Wildman–Crippen MR) is 110 cm³/mol. The number of fused-ring (bicyclic) bond motifs is 1. The van der Waals surface area contributed by atoms with Gasteiger partial charge in [-0.3, -0.25) is 14.2 Å². The quantitative estimate of drug-likeness (QED) is 0.560. The number of aromatic nitrogens is 3. The van der Waals surface area contributed by atoms with E-state index in [4.69, 9.17) is 0 Å². The van der Waals surface area contributed by atoms with E-state index in [9.17, 15) is 18.4 Å². The Morgan fingerprint density at radius 3 is 2.47 bits per heavy atom. The third-order valence-corrected chi connectivity index (χ3v) is 4.80. The van der Waals surface area contributed by atoms with Crippen molar-refractivity contribution in [1.29, 1.82) is 0 Å². The number of para-hydroxylation sites is 1. The fraction of sp³-hybridized carbons (Fsp3) is 0.136. The van der Waals surface area contributed by atoms with E-state index in [2.05, 4.69) is 10.4 Å². The highest BCUT2D eigenvalue weighted by molar-refractivity contribution is 5.92. The van der Waals surface area contributed by atoms with Gasteiger partial charge in [0, 0.05) is 23.2 Å². The van der Waals surface area contributed by atoms with Gasteiger partial charge in [-0.15, -0.1) is 0 Å². The van der Waals surface area contributed by atoms with Crippen molar-refractivity contribution in [2.75, 3.05) is 5.32 Å². The molecule has 2 aromatic heterocycles. The number of nitrogens with one attached hydrogen (secondary N) is 1. The van der Waals surface area contributed by atoms with Crippen LogP contribution in [0.15, 0.2) is 59.4 Å². The minimum absolute atomic E-state index is 0.100. The van der Waals surface area contributed by atoms with Crippen LogP contribution in [0.4, 0.5) is 14.5 Å². The fourth-order valence-corrected chi connectivity index (χ4v) is 3.49. The summed E-state index contributed by atoms with van der Waals surface area (Å²) in [5, 5.41) is 7.84. The van der Waals surface area contributed by atoms with Gasteiger partial charge in [0.1, 0.15) is 12.2 Å². The lowest BCUT2D eigenvalue weighted by Gasteiger charge is -2.12.